The molecule has 0 unspecified atom stereocenters. The third kappa shape index (κ3) is 2.28. The highest BCUT2D eigenvalue weighted by atomic mass is 35.5. The Morgan fingerprint density at radius 3 is 2.45 bits per heavy atom. The van der Waals surface area contributed by atoms with Gasteiger partial charge in [-0.25, -0.2) is 0 Å². The van der Waals surface area contributed by atoms with Crippen LogP contribution < -0.4 is 0 Å². The summed E-state index contributed by atoms with van der Waals surface area (Å²) >= 11 is 7.27. The van der Waals surface area contributed by atoms with Crippen molar-refractivity contribution in [1.29, 1.82) is 0 Å². The first-order valence-electron chi connectivity index (χ1n) is 3.28. The summed E-state index contributed by atoms with van der Waals surface area (Å²) in [6.07, 6.45) is 2.02. The zero-order valence-electron chi connectivity index (χ0n) is 6.25. The maximum Gasteiger partial charge on any atom is 0.0255 e. The van der Waals surface area contributed by atoms with E-state index in [0.717, 1.165) is 4.91 Å². The maximum atomic E-state index is 5.62. The van der Waals surface area contributed by atoms with Crippen LogP contribution in [0.1, 0.15) is 5.56 Å². The molecule has 0 atom stereocenters. The monoisotopic (exact) mass is 184 g/mol. The Morgan fingerprint density at radius 2 is 2.00 bits per heavy atom. The number of hydrogen-bond acceptors (Lipinski definition) is 1. The van der Waals surface area contributed by atoms with Gasteiger partial charge in [0.15, 0.2) is 0 Å². The van der Waals surface area contributed by atoms with E-state index in [2.05, 4.69) is 0 Å². The van der Waals surface area contributed by atoms with Crippen LogP contribution >= 0.6 is 23.4 Å². The van der Waals surface area contributed by atoms with Gasteiger partial charge < -0.3 is 0 Å². The first-order chi connectivity index (χ1) is 5.38. The van der Waals surface area contributed by atoms with Crippen LogP contribution in [-0.2, 0) is 0 Å². The molecule has 0 aliphatic heterocycles. The van der Waals surface area contributed by atoms with Crippen molar-refractivity contribution in [3.05, 3.63) is 41.4 Å². The predicted molar refractivity (Wildman–Crippen MR) is 53.8 cm³/mol. The third-order valence-electron chi connectivity index (χ3n) is 1.38. The van der Waals surface area contributed by atoms with Crippen LogP contribution in [0.2, 0.25) is 0 Å². The molecule has 1 rings (SSSR count). The fourth-order valence-corrected chi connectivity index (χ4v) is 1.68. The van der Waals surface area contributed by atoms with E-state index in [1.807, 2.05) is 36.6 Å². The van der Waals surface area contributed by atoms with Gasteiger partial charge in [0.2, 0.25) is 0 Å². The van der Waals surface area contributed by atoms with E-state index < -0.39 is 0 Å². The molecule has 0 amide bonds. The number of halogens is 1. The molecule has 0 N–H and O–H groups in total. The smallest absolute Gasteiger partial charge is 0.0255 e. The van der Waals surface area contributed by atoms with Crippen molar-refractivity contribution in [2.75, 3.05) is 6.26 Å². The standard InChI is InChI=1S/C9H9ClS/c1-11-9(7-10)8-5-3-2-4-6-8/h2-7H,1H3/b9-7+. The summed E-state index contributed by atoms with van der Waals surface area (Å²) in [7, 11) is 0. The van der Waals surface area contributed by atoms with Crippen molar-refractivity contribution in [3.8, 4) is 0 Å². The van der Waals surface area contributed by atoms with Gasteiger partial charge in [0.05, 0.1) is 0 Å². The number of hydrogen-bond donors (Lipinski definition) is 0. The van der Waals surface area contributed by atoms with Crippen molar-refractivity contribution in [2.45, 2.75) is 0 Å². The van der Waals surface area contributed by atoms with Crippen molar-refractivity contribution in [1.82, 2.24) is 0 Å². The zero-order valence-corrected chi connectivity index (χ0v) is 7.82. The van der Waals surface area contributed by atoms with Crippen LogP contribution in [0.3, 0.4) is 0 Å². The van der Waals surface area contributed by atoms with Gasteiger partial charge in [0.1, 0.15) is 0 Å². The van der Waals surface area contributed by atoms with Crippen molar-refractivity contribution in [3.63, 3.8) is 0 Å². The van der Waals surface area contributed by atoms with E-state index >= 15 is 0 Å². The van der Waals surface area contributed by atoms with Gasteiger partial charge in [-0.05, 0) is 11.8 Å². The van der Waals surface area contributed by atoms with Crippen LogP contribution in [0.25, 0.3) is 4.91 Å². The minimum absolute atomic E-state index is 1.10. The predicted octanol–water partition coefficient (Wildman–Crippen LogP) is 3.59. The van der Waals surface area contributed by atoms with Crippen LogP contribution in [0, 0.1) is 0 Å². The number of thioether (sulfide) groups is 1. The van der Waals surface area contributed by atoms with E-state index in [1.54, 1.807) is 17.3 Å². The van der Waals surface area contributed by atoms with E-state index in [1.165, 1.54) is 5.56 Å². The minimum Gasteiger partial charge on any atom is -0.128 e. The lowest BCUT2D eigenvalue weighted by Crippen LogP contribution is -1.75. The maximum absolute atomic E-state index is 5.62. The fraction of sp³-hybridized carbons (Fsp3) is 0.111. The Labute approximate surface area is 76.3 Å². The first-order valence-corrected chi connectivity index (χ1v) is 4.94. The molecule has 58 valence electrons. The molecule has 0 spiro atoms. The summed E-state index contributed by atoms with van der Waals surface area (Å²) in [5.74, 6) is 0. The van der Waals surface area contributed by atoms with Gasteiger partial charge in [-0.15, -0.1) is 11.8 Å². The lowest BCUT2D eigenvalue weighted by Gasteiger charge is -2.00. The Bertz CT molecular complexity index is 241. The van der Waals surface area contributed by atoms with Crippen LogP contribution in [0.5, 0.6) is 0 Å². The summed E-state index contributed by atoms with van der Waals surface area (Å²) in [6, 6.07) is 10.1. The lowest BCUT2D eigenvalue weighted by atomic mass is 10.2. The Morgan fingerprint density at radius 1 is 1.36 bits per heavy atom. The summed E-state index contributed by atoms with van der Waals surface area (Å²) in [5, 5.41) is 0. The van der Waals surface area contributed by atoms with Crippen LogP contribution in [0.15, 0.2) is 35.9 Å². The molecular formula is C9H9ClS. The molecule has 0 heterocycles. The zero-order chi connectivity index (χ0) is 8.10. The van der Waals surface area contributed by atoms with Gasteiger partial charge >= 0.3 is 0 Å². The second-order valence-corrected chi connectivity index (χ2v) is 3.11. The molecule has 11 heavy (non-hydrogen) atoms. The molecular weight excluding hydrogens is 176 g/mol. The molecule has 0 nitrogen and oxygen atoms in total. The summed E-state index contributed by atoms with van der Waals surface area (Å²) in [5.41, 5.74) is 2.79. The average Bonchev–Trinajstić information content (AvgIpc) is 2.09. The molecule has 1 aromatic carbocycles. The van der Waals surface area contributed by atoms with E-state index in [4.69, 9.17) is 11.6 Å². The largest absolute Gasteiger partial charge is 0.128 e. The molecule has 0 aliphatic rings. The van der Waals surface area contributed by atoms with Crippen LogP contribution in [0.4, 0.5) is 0 Å². The quantitative estimate of drug-likeness (QED) is 0.677. The topological polar surface area (TPSA) is 0 Å². The second kappa shape index (κ2) is 4.47. The van der Waals surface area contributed by atoms with E-state index in [9.17, 15) is 0 Å². The number of rotatable bonds is 2. The Balaban J connectivity index is 2.92. The molecule has 0 radical (unpaired) electrons. The molecule has 0 aromatic heterocycles. The highest BCUT2D eigenvalue weighted by Gasteiger charge is 1.95. The normalized spacial score (nSPS) is 11.6. The summed E-state index contributed by atoms with van der Waals surface area (Å²) in [4.78, 5) is 1.10. The minimum atomic E-state index is 1.10. The molecule has 0 saturated carbocycles. The summed E-state index contributed by atoms with van der Waals surface area (Å²) in [6.45, 7) is 0. The molecule has 1 aromatic rings. The van der Waals surface area contributed by atoms with Crippen molar-refractivity contribution < 1.29 is 0 Å². The highest BCUT2D eigenvalue weighted by molar-refractivity contribution is 8.07. The van der Waals surface area contributed by atoms with Crippen LogP contribution in [-0.4, -0.2) is 6.26 Å². The third-order valence-corrected chi connectivity index (χ3v) is 2.52. The van der Waals surface area contributed by atoms with Gasteiger partial charge in [-0.1, -0.05) is 41.9 Å². The van der Waals surface area contributed by atoms with Gasteiger partial charge in [-0.2, -0.15) is 0 Å². The summed E-state index contributed by atoms with van der Waals surface area (Å²) < 4.78 is 0. The fourth-order valence-electron chi connectivity index (χ4n) is 0.828. The van der Waals surface area contributed by atoms with E-state index in [-0.39, 0.29) is 0 Å². The molecule has 0 bridgehead atoms. The Hall–Kier alpha value is -0.400. The first kappa shape index (κ1) is 8.69. The number of benzene rings is 1. The SMILES string of the molecule is CS/C(=C/Cl)c1ccccc1. The van der Waals surface area contributed by atoms with Gasteiger partial charge in [0, 0.05) is 10.4 Å². The van der Waals surface area contributed by atoms with Gasteiger partial charge in [0.25, 0.3) is 0 Å². The molecule has 0 fully saturated rings. The van der Waals surface area contributed by atoms with E-state index in [0.29, 0.717) is 0 Å². The second-order valence-electron chi connectivity index (χ2n) is 2.04. The van der Waals surface area contributed by atoms with Gasteiger partial charge in [-0.3, -0.25) is 0 Å². The molecule has 0 saturated heterocycles. The van der Waals surface area contributed by atoms with Crippen molar-refractivity contribution in [2.24, 2.45) is 0 Å². The lowest BCUT2D eigenvalue weighted by molar-refractivity contribution is 1.66. The average molecular weight is 185 g/mol. The Kier molecular flexibility index (Phi) is 3.53. The molecule has 2 heteroatoms. The van der Waals surface area contributed by atoms with Crippen molar-refractivity contribution >= 4 is 28.3 Å². The highest BCUT2D eigenvalue weighted by Crippen LogP contribution is 2.24. The molecule has 0 aliphatic carbocycles.